The van der Waals surface area contributed by atoms with Crippen LogP contribution in [0.2, 0.25) is 0 Å². The number of rotatable bonds is 3. The Kier molecular flexibility index (Phi) is 3.67. The molecule has 0 saturated carbocycles. The van der Waals surface area contributed by atoms with Crippen LogP contribution in [0.1, 0.15) is 13.3 Å². The van der Waals surface area contributed by atoms with Crippen LogP contribution in [0.5, 0.6) is 5.75 Å². The Balaban J connectivity index is 2.18. The standard InChI is InChI=1S/C14H18N2O2/c1-2-16(12-4-3-5-13(17)9-12)14(18)10-6-7-11(15)8-10/h3-7,9-11,17H,2,8,15H2,1H3. The van der Waals surface area contributed by atoms with E-state index in [4.69, 9.17) is 5.73 Å². The molecule has 18 heavy (non-hydrogen) atoms. The minimum absolute atomic E-state index is 0.0261. The highest BCUT2D eigenvalue weighted by atomic mass is 16.3. The van der Waals surface area contributed by atoms with Gasteiger partial charge in [0.15, 0.2) is 0 Å². The molecule has 2 rings (SSSR count). The summed E-state index contributed by atoms with van der Waals surface area (Å²) in [5.41, 5.74) is 6.49. The lowest BCUT2D eigenvalue weighted by molar-refractivity contribution is -0.121. The third kappa shape index (κ3) is 2.54. The first-order valence-corrected chi connectivity index (χ1v) is 6.16. The van der Waals surface area contributed by atoms with Crippen LogP contribution in [-0.2, 0) is 4.79 Å². The zero-order valence-corrected chi connectivity index (χ0v) is 10.4. The predicted molar refractivity (Wildman–Crippen MR) is 71.4 cm³/mol. The summed E-state index contributed by atoms with van der Waals surface area (Å²) in [5.74, 6) is 0.0482. The van der Waals surface area contributed by atoms with Crippen molar-refractivity contribution in [2.75, 3.05) is 11.4 Å². The van der Waals surface area contributed by atoms with Gasteiger partial charge in [0.1, 0.15) is 5.75 Å². The summed E-state index contributed by atoms with van der Waals surface area (Å²) in [6.45, 7) is 2.49. The van der Waals surface area contributed by atoms with E-state index in [-0.39, 0.29) is 23.6 Å². The first-order valence-electron chi connectivity index (χ1n) is 6.16. The lowest BCUT2D eigenvalue weighted by Crippen LogP contribution is -2.35. The van der Waals surface area contributed by atoms with Gasteiger partial charge in [-0.25, -0.2) is 0 Å². The number of hydrogen-bond acceptors (Lipinski definition) is 3. The second-order valence-corrected chi connectivity index (χ2v) is 4.49. The molecule has 4 heteroatoms. The molecule has 0 saturated heterocycles. The van der Waals surface area contributed by atoms with E-state index < -0.39 is 0 Å². The normalized spacial score (nSPS) is 22.1. The van der Waals surface area contributed by atoms with Crippen molar-refractivity contribution in [2.45, 2.75) is 19.4 Å². The Morgan fingerprint density at radius 3 is 2.83 bits per heavy atom. The number of carbonyl (C=O) groups excluding carboxylic acids is 1. The van der Waals surface area contributed by atoms with Crippen LogP contribution < -0.4 is 10.6 Å². The van der Waals surface area contributed by atoms with E-state index in [1.807, 2.05) is 25.1 Å². The number of amides is 1. The molecule has 1 aromatic rings. The Bertz CT molecular complexity index is 471. The lowest BCUT2D eigenvalue weighted by Gasteiger charge is -2.24. The van der Waals surface area contributed by atoms with Crippen molar-refractivity contribution in [1.29, 1.82) is 0 Å². The Morgan fingerprint density at radius 2 is 2.28 bits per heavy atom. The van der Waals surface area contributed by atoms with Crippen LogP contribution in [0.15, 0.2) is 36.4 Å². The lowest BCUT2D eigenvalue weighted by atomic mass is 10.1. The zero-order valence-electron chi connectivity index (χ0n) is 10.4. The topological polar surface area (TPSA) is 66.6 Å². The summed E-state index contributed by atoms with van der Waals surface area (Å²) >= 11 is 0. The first kappa shape index (κ1) is 12.6. The average molecular weight is 246 g/mol. The van der Waals surface area contributed by atoms with Crippen molar-refractivity contribution < 1.29 is 9.90 Å². The molecule has 4 nitrogen and oxygen atoms in total. The summed E-state index contributed by atoms with van der Waals surface area (Å²) in [7, 11) is 0. The number of nitrogens with two attached hydrogens (primary N) is 1. The van der Waals surface area contributed by atoms with Gasteiger partial charge in [0.25, 0.3) is 0 Å². The minimum atomic E-state index is -0.151. The number of hydrogen-bond donors (Lipinski definition) is 2. The van der Waals surface area contributed by atoms with Gasteiger partial charge in [-0.15, -0.1) is 0 Å². The molecule has 0 radical (unpaired) electrons. The number of carbonyl (C=O) groups is 1. The molecule has 1 aliphatic rings. The highest BCUT2D eigenvalue weighted by Gasteiger charge is 2.27. The maximum Gasteiger partial charge on any atom is 0.233 e. The summed E-state index contributed by atoms with van der Waals surface area (Å²) < 4.78 is 0. The average Bonchev–Trinajstić information content (AvgIpc) is 2.77. The van der Waals surface area contributed by atoms with Crippen molar-refractivity contribution in [3.8, 4) is 5.75 Å². The summed E-state index contributed by atoms with van der Waals surface area (Å²) in [4.78, 5) is 14.0. The smallest absolute Gasteiger partial charge is 0.233 e. The van der Waals surface area contributed by atoms with Gasteiger partial charge in [-0.3, -0.25) is 4.79 Å². The fourth-order valence-corrected chi connectivity index (χ4v) is 2.24. The quantitative estimate of drug-likeness (QED) is 0.797. The van der Waals surface area contributed by atoms with Crippen LogP contribution in [0, 0.1) is 5.92 Å². The van der Waals surface area contributed by atoms with Crippen LogP contribution >= 0.6 is 0 Å². The molecule has 1 aromatic carbocycles. The second kappa shape index (κ2) is 5.23. The predicted octanol–water partition coefficient (Wildman–Crippen LogP) is 1.65. The summed E-state index contributed by atoms with van der Waals surface area (Å²) in [5, 5.41) is 9.47. The van der Waals surface area contributed by atoms with Crippen LogP contribution in [0.25, 0.3) is 0 Å². The fourth-order valence-electron chi connectivity index (χ4n) is 2.24. The Hall–Kier alpha value is -1.81. The van der Waals surface area contributed by atoms with Crippen molar-refractivity contribution in [2.24, 2.45) is 11.7 Å². The van der Waals surface area contributed by atoms with E-state index in [0.717, 1.165) is 5.69 Å². The molecule has 1 aliphatic carbocycles. The third-order valence-corrected chi connectivity index (χ3v) is 3.16. The van der Waals surface area contributed by atoms with Crippen molar-refractivity contribution >= 4 is 11.6 Å². The summed E-state index contributed by atoms with van der Waals surface area (Å²) in [6, 6.07) is 6.71. The monoisotopic (exact) mass is 246 g/mol. The zero-order chi connectivity index (χ0) is 13.1. The van der Waals surface area contributed by atoms with Crippen molar-refractivity contribution in [3.63, 3.8) is 0 Å². The van der Waals surface area contributed by atoms with Gasteiger partial charge in [0.2, 0.25) is 5.91 Å². The van der Waals surface area contributed by atoms with E-state index in [0.29, 0.717) is 13.0 Å². The molecular weight excluding hydrogens is 228 g/mol. The van der Waals surface area contributed by atoms with Crippen molar-refractivity contribution in [3.05, 3.63) is 36.4 Å². The van der Waals surface area contributed by atoms with Gasteiger partial charge in [-0.1, -0.05) is 18.2 Å². The van der Waals surface area contributed by atoms with Crippen LogP contribution in [-0.4, -0.2) is 23.6 Å². The maximum atomic E-state index is 12.4. The number of phenols is 1. The molecule has 0 fully saturated rings. The highest BCUT2D eigenvalue weighted by Crippen LogP contribution is 2.25. The van der Waals surface area contributed by atoms with Crippen LogP contribution in [0.3, 0.4) is 0 Å². The molecule has 1 amide bonds. The minimum Gasteiger partial charge on any atom is -0.508 e. The van der Waals surface area contributed by atoms with E-state index in [1.54, 1.807) is 23.1 Å². The molecule has 0 spiro atoms. The van der Waals surface area contributed by atoms with Gasteiger partial charge in [-0.2, -0.15) is 0 Å². The number of anilines is 1. The molecule has 2 unspecified atom stereocenters. The molecule has 96 valence electrons. The highest BCUT2D eigenvalue weighted by molar-refractivity contribution is 5.96. The summed E-state index contributed by atoms with van der Waals surface area (Å²) in [6.07, 6.45) is 4.41. The Morgan fingerprint density at radius 1 is 1.50 bits per heavy atom. The van der Waals surface area contributed by atoms with Crippen LogP contribution in [0.4, 0.5) is 5.69 Å². The van der Waals surface area contributed by atoms with Gasteiger partial charge in [-0.05, 0) is 25.5 Å². The van der Waals surface area contributed by atoms with Gasteiger partial charge in [0, 0.05) is 24.3 Å². The van der Waals surface area contributed by atoms with Gasteiger partial charge in [0.05, 0.1) is 5.92 Å². The molecular formula is C14H18N2O2. The van der Waals surface area contributed by atoms with E-state index in [2.05, 4.69) is 0 Å². The van der Waals surface area contributed by atoms with E-state index in [1.165, 1.54) is 0 Å². The molecule has 0 aliphatic heterocycles. The molecule has 0 heterocycles. The second-order valence-electron chi connectivity index (χ2n) is 4.49. The van der Waals surface area contributed by atoms with Gasteiger partial charge < -0.3 is 15.7 Å². The Labute approximate surface area is 107 Å². The first-order chi connectivity index (χ1) is 8.61. The largest absolute Gasteiger partial charge is 0.508 e. The number of phenolic OH excluding ortho intramolecular Hbond substituents is 1. The van der Waals surface area contributed by atoms with Gasteiger partial charge >= 0.3 is 0 Å². The molecule has 0 bridgehead atoms. The number of benzene rings is 1. The van der Waals surface area contributed by atoms with E-state index >= 15 is 0 Å². The third-order valence-electron chi connectivity index (χ3n) is 3.16. The van der Waals surface area contributed by atoms with Crippen molar-refractivity contribution in [1.82, 2.24) is 0 Å². The SMILES string of the molecule is CCN(C(=O)C1C=CC(N)C1)c1cccc(O)c1. The molecule has 0 aromatic heterocycles. The maximum absolute atomic E-state index is 12.4. The molecule has 2 atom stereocenters. The number of nitrogens with zero attached hydrogens (tertiary/aromatic N) is 1. The fraction of sp³-hybridized carbons (Fsp3) is 0.357. The molecule has 3 N–H and O–H groups in total. The van der Waals surface area contributed by atoms with E-state index in [9.17, 15) is 9.90 Å². The number of aromatic hydroxyl groups is 1.